The van der Waals surface area contributed by atoms with Gasteiger partial charge in [-0.25, -0.2) is 0 Å². The van der Waals surface area contributed by atoms with E-state index < -0.39 is 0 Å². The molecule has 1 nitrogen and oxygen atoms in total. The molecule has 0 spiro atoms. The maximum atomic E-state index is 3.47. The summed E-state index contributed by atoms with van der Waals surface area (Å²) in [6.07, 6.45) is 5.48. The van der Waals surface area contributed by atoms with E-state index in [1.165, 1.54) is 21.9 Å². The molecule has 22 heavy (non-hydrogen) atoms. The van der Waals surface area contributed by atoms with Crippen LogP contribution in [0, 0.1) is 0 Å². The van der Waals surface area contributed by atoms with E-state index in [0.717, 1.165) is 19.5 Å². The second-order valence-corrected chi connectivity index (χ2v) is 5.41. The van der Waals surface area contributed by atoms with Crippen molar-refractivity contribution in [2.75, 3.05) is 13.1 Å². The van der Waals surface area contributed by atoms with E-state index >= 15 is 0 Å². The molecule has 0 aliphatic carbocycles. The van der Waals surface area contributed by atoms with E-state index in [4.69, 9.17) is 0 Å². The number of hydrogen-bond donors (Lipinski definition) is 1. The molecule has 110 valence electrons. The number of fused-ring (bicyclic) bond motifs is 1. The Balaban J connectivity index is 1.51. The first kappa shape index (κ1) is 14.6. The third-order valence-electron chi connectivity index (χ3n) is 3.82. The van der Waals surface area contributed by atoms with Gasteiger partial charge in [0.1, 0.15) is 0 Å². The Morgan fingerprint density at radius 2 is 1.55 bits per heavy atom. The van der Waals surface area contributed by atoms with E-state index in [1.807, 2.05) is 0 Å². The summed E-state index contributed by atoms with van der Waals surface area (Å²) in [5, 5.41) is 6.07. The van der Waals surface area contributed by atoms with Crippen LogP contribution in [0.5, 0.6) is 0 Å². The first-order chi connectivity index (χ1) is 10.9. The van der Waals surface area contributed by atoms with Gasteiger partial charge < -0.3 is 5.32 Å². The zero-order chi connectivity index (χ0) is 15.0. The van der Waals surface area contributed by atoms with E-state index in [-0.39, 0.29) is 0 Å². The van der Waals surface area contributed by atoms with Gasteiger partial charge in [0.2, 0.25) is 0 Å². The molecule has 0 saturated carbocycles. The van der Waals surface area contributed by atoms with Crippen LogP contribution in [-0.4, -0.2) is 13.1 Å². The predicted molar refractivity (Wildman–Crippen MR) is 96.0 cm³/mol. The van der Waals surface area contributed by atoms with E-state index in [2.05, 4.69) is 90.3 Å². The van der Waals surface area contributed by atoms with Gasteiger partial charge in [-0.2, -0.15) is 0 Å². The lowest BCUT2D eigenvalue weighted by molar-refractivity contribution is 0.745. The van der Waals surface area contributed by atoms with Crippen molar-refractivity contribution in [2.45, 2.75) is 6.42 Å². The summed E-state index contributed by atoms with van der Waals surface area (Å²) < 4.78 is 0. The molecule has 0 aliphatic heterocycles. The molecule has 0 radical (unpaired) electrons. The van der Waals surface area contributed by atoms with Crippen molar-refractivity contribution < 1.29 is 0 Å². The van der Waals surface area contributed by atoms with E-state index in [1.54, 1.807) is 0 Å². The zero-order valence-electron chi connectivity index (χ0n) is 12.7. The lowest BCUT2D eigenvalue weighted by Crippen LogP contribution is -2.16. The maximum Gasteiger partial charge on any atom is 0.0138 e. The monoisotopic (exact) mass is 287 g/mol. The molecule has 0 atom stereocenters. The van der Waals surface area contributed by atoms with Gasteiger partial charge in [0.05, 0.1) is 0 Å². The summed E-state index contributed by atoms with van der Waals surface area (Å²) in [5.74, 6) is 0. The van der Waals surface area contributed by atoms with E-state index in [9.17, 15) is 0 Å². The van der Waals surface area contributed by atoms with Gasteiger partial charge in [-0.1, -0.05) is 84.9 Å². The smallest absolute Gasteiger partial charge is 0.0138 e. The fourth-order valence-electron chi connectivity index (χ4n) is 2.64. The Labute approximate surface area is 132 Å². The minimum Gasteiger partial charge on any atom is -0.313 e. The van der Waals surface area contributed by atoms with Crippen LogP contribution in [0.25, 0.3) is 16.8 Å². The first-order valence-electron chi connectivity index (χ1n) is 7.82. The highest BCUT2D eigenvalue weighted by Gasteiger charge is 1.95. The molecule has 0 aromatic heterocycles. The number of rotatable bonds is 6. The quantitative estimate of drug-likeness (QED) is 0.649. The van der Waals surface area contributed by atoms with Gasteiger partial charge in [0.15, 0.2) is 0 Å². The van der Waals surface area contributed by atoms with Crippen LogP contribution in [0.15, 0.2) is 78.9 Å². The third-order valence-corrected chi connectivity index (χ3v) is 3.82. The average molecular weight is 287 g/mol. The summed E-state index contributed by atoms with van der Waals surface area (Å²) in [4.78, 5) is 0. The van der Waals surface area contributed by atoms with Crippen molar-refractivity contribution in [3.63, 3.8) is 0 Å². The topological polar surface area (TPSA) is 12.0 Å². The van der Waals surface area contributed by atoms with Gasteiger partial charge in [-0.3, -0.25) is 0 Å². The van der Waals surface area contributed by atoms with Crippen LogP contribution in [-0.2, 0) is 6.42 Å². The molecule has 0 bridgehead atoms. The molecule has 3 aromatic carbocycles. The van der Waals surface area contributed by atoms with Crippen molar-refractivity contribution in [1.29, 1.82) is 0 Å². The van der Waals surface area contributed by atoms with Gasteiger partial charge in [-0.15, -0.1) is 0 Å². The highest BCUT2D eigenvalue weighted by atomic mass is 14.8. The van der Waals surface area contributed by atoms with Crippen molar-refractivity contribution in [3.05, 3.63) is 90.0 Å². The van der Waals surface area contributed by atoms with Crippen LogP contribution in [0.1, 0.15) is 11.1 Å². The van der Waals surface area contributed by atoms with E-state index in [0.29, 0.717) is 0 Å². The van der Waals surface area contributed by atoms with Gasteiger partial charge >= 0.3 is 0 Å². The van der Waals surface area contributed by atoms with Crippen molar-refractivity contribution in [3.8, 4) is 0 Å². The second kappa shape index (κ2) is 7.58. The molecule has 1 heteroatoms. The number of hydrogen-bond acceptors (Lipinski definition) is 1. The van der Waals surface area contributed by atoms with Gasteiger partial charge in [0, 0.05) is 6.54 Å². The largest absolute Gasteiger partial charge is 0.313 e. The molecule has 3 rings (SSSR count). The Morgan fingerprint density at radius 1 is 0.773 bits per heavy atom. The minimum absolute atomic E-state index is 0.899. The molecular weight excluding hydrogens is 266 g/mol. The standard InChI is InChI=1S/C21H21N/c1-2-8-18(9-3-1)15-17-22-16-7-13-20-12-6-11-19-10-4-5-14-21(19)20/h1-14,22H,15-17H2/b13-7+. The molecule has 0 fully saturated rings. The average Bonchev–Trinajstić information content (AvgIpc) is 2.59. The Morgan fingerprint density at radius 3 is 2.45 bits per heavy atom. The van der Waals surface area contributed by atoms with Gasteiger partial charge in [-0.05, 0) is 34.9 Å². The maximum absolute atomic E-state index is 3.47. The molecule has 3 aromatic rings. The summed E-state index contributed by atoms with van der Waals surface area (Å²) in [5.41, 5.74) is 2.66. The number of benzene rings is 3. The van der Waals surface area contributed by atoms with Crippen molar-refractivity contribution >= 4 is 16.8 Å². The molecule has 0 saturated heterocycles. The molecule has 0 aliphatic rings. The first-order valence-corrected chi connectivity index (χ1v) is 7.82. The van der Waals surface area contributed by atoms with Gasteiger partial charge in [0.25, 0.3) is 0 Å². The molecule has 0 unspecified atom stereocenters. The minimum atomic E-state index is 0.899. The Hall–Kier alpha value is -2.38. The van der Waals surface area contributed by atoms with Crippen LogP contribution >= 0.6 is 0 Å². The molecule has 1 N–H and O–H groups in total. The highest BCUT2D eigenvalue weighted by Crippen LogP contribution is 2.19. The SMILES string of the molecule is C(=C\c1cccc2ccccc12)/CNCCc1ccccc1. The van der Waals surface area contributed by atoms with Crippen LogP contribution in [0.3, 0.4) is 0 Å². The van der Waals surface area contributed by atoms with Crippen LogP contribution < -0.4 is 5.32 Å². The zero-order valence-corrected chi connectivity index (χ0v) is 12.7. The summed E-state index contributed by atoms with van der Waals surface area (Å²) in [7, 11) is 0. The summed E-state index contributed by atoms with van der Waals surface area (Å²) in [6, 6.07) is 25.6. The molecule has 0 amide bonds. The molecular formula is C21H21N. The Bertz CT molecular complexity index is 739. The summed E-state index contributed by atoms with van der Waals surface area (Å²) in [6.45, 7) is 1.90. The number of nitrogens with one attached hydrogen (secondary N) is 1. The fraction of sp³-hybridized carbons (Fsp3) is 0.143. The van der Waals surface area contributed by atoms with Crippen molar-refractivity contribution in [2.24, 2.45) is 0 Å². The second-order valence-electron chi connectivity index (χ2n) is 5.41. The lowest BCUT2D eigenvalue weighted by Gasteiger charge is -2.03. The molecule has 0 heterocycles. The normalized spacial score (nSPS) is 11.3. The third kappa shape index (κ3) is 3.84. The van der Waals surface area contributed by atoms with Crippen molar-refractivity contribution in [1.82, 2.24) is 5.32 Å². The van der Waals surface area contributed by atoms with Crippen LogP contribution in [0.2, 0.25) is 0 Å². The fourth-order valence-corrected chi connectivity index (χ4v) is 2.64. The summed E-state index contributed by atoms with van der Waals surface area (Å²) >= 11 is 0. The Kier molecular flexibility index (Phi) is 5.01. The highest BCUT2D eigenvalue weighted by molar-refractivity contribution is 5.90. The lowest BCUT2D eigenvalue weighted by atomic mass is 10.0. The van der Waals surface area contributed by atoms with Crippen LogP contribution in [0.4, 0.5) is 0 Å². The predicted octanol–water partition coefficient (Wildman–Crippen LogP) is 4.69.